The second kappa shape index (κ2) is 7.11. The second-order valence-electron chi connectivity index (χ2n) is 5.78. The van der Waals surface area contributed by atoms with Crippen molar-refractivity contribution in [3.8, 4) is 5.75 Å². The molecule has 24 heavy (non-hydrogen) atoms. The van der Waals surface area contributed by atoms with Gasteiger partial charge < -0.3 is 15.2 Å². The normalized spacial score (nSPS) is 20.7. The number of carbonyl (C=O) groups excluding carboxylic acids is 1. The first kappa shape index (κ1) is 18.1. The van der Waals surface area contributed by atoms with Gasteiger partial charge in [0.05, 0.1) is 18.6 Å². The van der Waals surface area contributed by atoms with Crippen LogP contribution in [0.1, 0.15) is 30.4 Å². The largest absolute Gasteiger partial charge is 0.497 e. The zero-order valence-corrected chi connectivity index (χ0v) is 13.0. The molecule has 0 unspecified atom stereocenters. The lowest BCUT2D eigenvalue weighted by Crippen LogP contribution is -2.30. The maximum Gasteiger partial charge on any atom is 0.416 e. The molecule has 1 amide bonds. The lowest BCUT2D eigenvalue weighted by molar-refractivity contribution is -0.142. The Morgan fingerprint density at radius 2 is 1.96 bits per heavy atom. The monoisotopic (exact) mass is 345 g/mol. The number of nitrogens with one attached hydrogen (secondary N) is 1. The number of ether oxygens (including phenoxy) is 1. The van der Waals surface area contributed by atoms with Gasteiger partial charge in [0.25, 0.3) is 0 Å². The molecule has 0 heterocycles. The van der Waals surface area contributed by atoms with Gasteiger partial charge in [0.2, 0.25) is 5.91 Å². The van der Waals surface area contributed by atoms with Crippen molar-refractivity contribution in [2.45, 2.75) is 32.0 Å². The van der Waals surface area contributed by atoms with Gasteiger partial charge in [0.1, 0.15) is 5.75 Å². The van der Waals surface area contributed by atoms with Crippen molar-refractivity contribution in [3.63, 3.8) is 0 Å². The van der Waals surface area contributed by atoms with Crippen LogP contribution in [0.4, 0.5) is 13.2 Å². The summed E-state index contributed by atoms with van der Waals surface area (Å²) in [6.07, 6.45) is -3.51. The number of halogens is 3. The summed E-state index contributed by atoms with van der Waals surface area (Å²) < 4.78 is 44.1. The van der Waals surface area contributed by atoms with E-state index in [0.29, 0.717) is 12.8 Å². The van der Waals surface area contributed by atoms with E-state index in [1.807, 2.05) is 0 Å². The average Bonchev–Trinajstić information content (AvgIpc) is 3.02. The highest BCUT2D eigenvalue weighted by Crippen LogP contribution is 2.35. The summed E-state index contributed by atoms with van der Waals surface area (Å²) in [6, 6.07) is 3.54. The topological polar surface area (TPSA) is 75.6 Å². The van der Waals surface area contributed by atoms with E-state index in [1.54, 1.807) is 0 Å². The number of methoxy groups -OCH3 is 1. The highest BCUT2D eigenvalue weighted by atomic mass is 19.4. The van der Waals surface area contributed by atoms with Gasteiger partial charge in [-0.1, -0.05) is 6.07 Å². The average molecular weight is 345 g/mol. The molecule has 8 heteroatoms. The van der Waals surface area contributed by atoms with E-state index < -0.39 is 35.5 Å². The van der Waals surface area contributed by atoms with Crippen molar-refractivity contribution >= 4 is 11.9 Å². The Labute approximate surface area is 136 Å². The Bertz CT molecular complexity index is 630. The Kier molecular flexibility index (Phi) is 5.36. The standard InChI is InChI=1S/C16H18F3NO4/c1-24-12-5-4-11(13(7-12)16(17,18)19)8-20-14(21)9-2-3-10(6-9)15(22)23/h4-5,7,9-10H,2-3,6,8H2,1H3,(H,20,21)(H,22,23)/t9-,10+/m1/s1. The molecule has 1 aromatic carbocycles. The quantitative estimate of drug-likeness (QED) is 0.860. The number of carbonyl (C=O) groups is 2. The van der Waals surface area contributed by atoms with Crippen LogP contribution in [0, 0.1) is 11.8 Å². The summed E-state index contributed by atoms with van der Waals surface area (Å²) in [5, 5.41) is 11.4. The van der Waals surface area contributed by atoms with Crippen LogP contribution < -0.4 is 10.1 Å². The molecule has 1 saturated carbocycles. The predicted octanol–water partition coefficient (Wildman–Crippen LogP) is 2.83. The fraction of sp³-hybridized carbons (Fsp3) is 0.500. The molecular formula is C16H18F3NO4. The van der Waals surface area contributed by atoms with Crippen LogP contribution in [-0.4, -0.2) is 24.1 Å². The smallest absolute Gasteiger partial charge is 0.416 e. The van der Waals surface area contributed by atoms with Crippen molar-refractivity contribution < 1.29 is 32.6 Å². The minimum absolute atomic E-state index is 0.0653. The summed E-state index contributed by atoms with van der Waals surface area (Å²) in [4.78, 5) is 23.0. The third-order valence-electron chi connectivity index (χ3n) is 4.23. The van der Waals surface area contributed by atoms with Crippen molar-refractivity contribution in [3.05, 3.63) is 29.3 Å². The van der Waals surface area contributed by atoms with Gasteiger partial charge >= 0.3 is 12.1 Å². The lowest BCUT2D eigenvalue weighted by atomic mass is 10.0. The molecule has 0 spiro atoms. The molecular weight excluding hydrogens is 327 g/mol. The second-order valence-corrected chi connectivity index (χ2v) is 5.78. The maximum absolute atomic E-state index is 13.1. The minimum atomic E-state index is -4.56. The molecule has 0 saturated heterocycles. The zero-order valence-electron chi connectivity index (χ0n) is 13.0. The highest BCUT2D eigenvalue weighted by Gasteiger charge is 2.35. The van der Waals surface area contributed by atoms with Crippen LogP contribution in [0.15, 0.2) is 18.2 Å². The summed E-state index contributed by atoms with van der Waals surface area (Å²) in [6.45, 7) is -0.272. The molecule has 1 aromatic rings. The first-order chi connectivity index (χ1) is 11.2. The first-order valence-electron chi connectivity index (χ1n) is 7.47. The van der Waals surface area contributed by atoms with Crippen molar-refractivity contribution in [2.75, 3.05) is 7.11 Å². The van der Waals surface area contributed by atoms with Crippen molar-refractivity contribution in [2.24, 2.45) is 11.8 Å². The van der Waals surface area contributed by atoms with Crippen molar-refractivity contribution in [1.82, 2.24) is 5.32 Å². The zero-order chi connectivity index (χ0) is 17.9. The van der Waals surface area contributed by atoms with Gasteiger partial charge in [-0.15, -0.1) is 0 Å². The van der Waals surface area contributed by atoms with E-state index in [4.69, 9.17) is 9.84 Å². The van der Waals surface area contributed by atoms with E-state index >= 15 is 0 Å². The number of benzene rings is 1. The number of hydrogen-bond acceptors (Lipinski definition) is 3. The van der Waals surface area contributed by atoms with Crippen LogP contribution in [0.25, 0.3) is 0 Å². The lowest BCUT2D eigenvalue weighted by Gasteiger charge is -2.16. The number of amides is 1. The molecule has 132 valence electrons. The molecule has 0 radical (unpaired) electrons. The summed E-state index contributed by atoms with van der Waals surface area (Å²) in [5.41, 5.74) is -0.929. The van der Waals surface area contributed by atoms with Gasteiger partial charge in [-0.25, -0.2) is 0 Å². The number of hydrogen-bond donors (Lipinski definition) is 2. The number of alkyl halides is 3. The van der Waals surface area contributed by atoms with E-state index in [1.165, 1.54) is 19.2 Å². The summed E-state index contributed by atoms with van der Waals surface area (Å²) >= 11 is 0. The van der Waals surface area contributed by atoms with Gasteiger partial charge in [0.15, 0.2) is 0 Å². The SMILES string of the molecule is COc1ccc(CNC(=O)[C@@H]2CC[C@H](C(=O)O)C2)c(C(F)(F)F)c1. The van der Waals surface area contributed by atoms with E-state index in [0.717, 1.165) is 6.07 Å². The summed E-state index contributed by atoms with van der Waals surface area (Å²) in [5.74, 6) is -2.31. The number of carboxylic acid groups (broad SMARTS) is 1. The Hall–Kier alpha value is -2.25. The fourth-order valence-electron chi connectivity index (χ4n) is 2.87. The van der Waals surface area contributed by atoms with Crippen LogP contribution >= 0.6 is 0 Å². The van der Waals surface area contributed by atoms with Crippen LogP contribution in [0.5, 0.6) is 5.75 Å². The molecule has 2 atom stereocenters. The molecule has 0 aromatic heterocycles. The Morgan fingerprint density at radius 3 is 2.50 bits per heavy atom. The van der Waals surface area contributed by atoms with Gasteiger partial charge in [0, 0.05) is 12.5 Å². The minimum Gasteiger partial charge on any atom is -0.497 e. The molecule has 1 aliphatic rings. The van der Waals surface area contributed by atoms with Crippen LogP contribution in [0.2, 0.25) is 0 Å². The summed E-state index contributed by atoms with van der Waals surface area (Å²) in [7, 11) is 1.27. The molecule has 2 N–H and O–H groups in total. The molecule has 0 aliphatic heterocycles. The molecule has 1 aliphatic carbocycles. The van der Waals surface area contributed by atoms with Gasteiger partial charge in [-0.2, -0.15) is 13.2 Å². The maximum atomic E-state index is 13.1. The Morgan fingerprint density at radius 1 is 1.29 bits per heavy atom. The predicted molar refractivity (Wildman–Crippen MR) is 78.3 cm³/mol. The molecule has 5 nitrogen and oxygen atoms in total. The van der Waals surface area contributed by atoms with E-state index in [9.17, 15) is 22.8 Å². The van der Waals surface area contributed by atoms with Crippen molar-refractivity contribution in [1.29, 1.82) is 0 Å². The fourth-order valence-corrected chi connectivity index (χ4v) is 2.87. The molecule has 0 bridgehead atoms. The number of aliphatic carboxylic acids is 1. The third-order valence-corrected chi connectivity index (χ3v) is 4.23. The highest BCUT2D eigenvalue weighted by molar-refractivity contribution is 5.80. The van der Waals surface area contributed by atoms with E-state index in [2.05, 4.69) is 5.32 Å². The Balaban J connectivity index is 2.04. The van der Waals surface area contributed by atoms with Crippen LogP contribution in [0.3, 0.4) is 0 Å². The van der Waals surface area contributed by atoms with E-state index in [-0.39, 0.29) is 24.3 Å². The first-order valence-corrected chi connectivity index (χ1v) is 7.47. The van der Waals surface area contributed by atoms with Gasteiger partial charge in [-0.3, -0.25) is 9.59 Å². The molecule has 2 rings (SSSR count). The third kappa shape index (κ3) is 4.18. The number of rotatable bonds is 5. The van der Waals surface area contributed by atoms with Gasteiger partial charge in [-0.05, 0) is 37.0 Å². The molecule has 1 fully saturated rings. The number of carboxylic acids is 1. The van der Waals surface area contributed by atoms with Crippen LogP contribution in [-0.2, 0) is 22.3 Å².